The molecule has 7 nitrogen and oxygen atoms in total. The van der Waals surface area contributed by atoms with Gasteiger partial charge in [-0.1, -0.05) is 25.1 Å². The standard InChI is InChI=1S/C16H20N4O3/c1-12(15(21)22)11-19(2)16(23)17-10-13-6-3-4-7-14(13)20-9-5-8-18-20/h3-9,12H,10-11H2,1-2H3,(H,17,23)(H,21,22). The number of carbonyl (C=O) groups excluding carboxylic acids is 1. The summed E-state index contributed by atoms with van der Waals surface area (Å²) in [6, 6.07) is 9.15. The van der Waals surface area contributed by atoms with Crippen LogP contribution in [0.25, 0.3) is 5.69 Å². The maximum Gasteiger partial charge on any atom is 0.317 e. The van der Waals surface area contributed by atoms with Gasteiger partial charge in [-0.25, -0.2) is 9.48 Å². The zero-order valence-electron chi connectivity index (χ0n) is 13.1. The molecule has 0 aliphatic carbocycles. The number of carboxylic acids is 1. The number of aliphatic carboxylic acids is 1. The lowest BCUT2D eigenvalue weighted by molar-refractivity contribution is -0.141. The maximum absolute atomic E-state index is 12.1. The highest BCUT2D eigenvalue weighted by molar-refractivity contribution is 5.75. The average Bonchev–Trinajstić information content (AvgIpc) is 3.06. The summed E-state index contributed by atoms with van der Waals surface area (Å²) in [5.74, 6) is -1.53. The first kappa shape index (κ1) is 16.5. The van der Waals surface area contributed by atoms with Crippen molar-refractivity contribution < 1.29 is 14.7 Å². The number of para-hydroxylation sites is 1. The number of hydrogen-bond acceptors (Lipinski definition) is 3. The van der Waals surface area contributed by atoms with E-state index >= 15 is 0 Å². The Kier molecular flexibility index (Phi) is 5.35. The van der Waals surface area contributed by atoms with Crippen molar-refractivity contribution in [3.8, 4) is 5.69 Å². The number of carbonyl (C=O) groups is 2. The molecule has 0 aliphatic rings. The normalized spacial score (nSPS) is 11.7. The van der Waals surface area contributed by atoms with E-state index in [1.165, 1.54) is 4.90 Å². The summed E-state index contributed by atoms with van der Waals surface area (Å²) in [5, 5.41) is 15.9. The largest absolute Gasteiger partial charge is 0.481 e. The van der Waals surface area contributed by atoms with Crippen molar-refractivity contribution in [2.75, 3.05) is 13.6 Å². The quantitative estimate of drug-likeness (QED) is 0.849. The zero-order valence-corrected chi connectivity index (χ0v) is 13.1. The molecule has 0 bridgehead atoms. The predicted molar refractivity (Wildman–Crippen MR) is 85.2 cm³/mol. The molecule has 1 aromatic carbocycles. The third-order valence-corrected chi connectivity index (χ3v) is 3.49. The van der Waals surface area contributed by atoms with Gasteiger partial charge < -0.3 is 15.3 Å². The minimum atomic E-state index is -0.923. The summed E-state index contributed by atoms with van der Waals surface area (Å²) in [7, 11) is 1.58. The molecule has 0 fully saturated rings. The monoisotopic (exact) mass is 316 g/mol. The number of nitrogens with one attached hydrogen (secondary N) is 1. The van der Waals surface area contributed by atoms with Gasteiger partial charge in [0.15, 0.2) is 0 Å². The molecule has 2 amide bonds. The molecule has 0 spiro atoms. The van der Waals surface area contributed by atoms with Crippen LogP contribution in [0.3, 0.4) is 0 Å². The Morgan fingerprint density at radius 2 is 2.09 bits per heavy atom. The molecule has 2 aromatic rings. The summed E-state index contributed by atoms with van der Waals surface area (Å²) in [6.07, 6.45) is 3.53. The van der Waals surface area contributed by atoms with E-state index in [1.807, 2.05) is 36.5 Å². The minimum Gasteiger partial charge on any atom is -0.481 e. The van der Waals surface area contributed by atoms with Crippen LogP contribution in [0, 0.1) is 5.92 Å². The van der Waals surface area contributed by atoms with Gasteiger partial charge >= 0.3 is 12.0 Å². The van der Waals surface area contributed by atoms with Crippen molar-refractivity contribution in [2.24, 2.45) is 5.92 Å². The Morgan fingerprint density at radius 1 is 1.35 bits per heavy atom. The van der Waals surface area contributed by atoms with E-state index in [2.05, 4.69) is 10.4 Å². The molecule has 1 unspecified atom stereocenters. The average molecular weight is 316 g/mol. The highest BCUT2D eigenvalue weighted by Gasteiger charge is 2.17. The molecule has 2 rings (SSSR count). The van der Waals surface area contributed by atoms with Crippen LogP contribution in [0.1, 0.15) is 12.5 Å². The van der Waals surface area contributed by atoms with Crippen LogP contribution >= 0.6 is 0 Å². The second-order valence-electron chi connectivity index (χ2n) is 5.36. The molecule has 2 N–H and O–H groups in total. The second kappa shape index (κ2) is 7.44. The van der Waals surface area contributed by atoms with E-state index in [1.54, 1.807) is 24.9 Å². The zero-order chi connectivity index (χ0) is 16.8. The summed E-state index contributed by atoms with van der Waals surface area (Å²) >= 11 is 0. The Morgan fingerprint density at radius 3 is 2.74 bits per heavy atom. The number of hydrogen-bond donors (Lipinski definition) is 2. The highest BCUT2D eigenvalue weighted by Crippen LogP contribution is 2.13. The number of rotatable bonds is 6. The van der Waals surface area contributed by atoms with Gasteiger partial charge in [0.1, 0.15) is 0 Å². The maximum atomic E-state index is 12.1. The van der Waals surface area contributed by atoms with Gasteiger partial charge in [0.05, 0.1) is 11.6 Å². The smallest absolute Gasteiger partial charge is 0.317 e. The van der Waals surface area contributed by atoms with Crippen molar-refractivity contribution in [3.63, 3.8) is 0 Å². The van der Waals surface area contributed by atoms with E-state index in [0.717, 1.165) is 11.3 Å². The molecule has 0 aliphatic heterocycles. The third kappa shape index (κ3) is 4.32. The van der Waals surface area contributed by atoms with Gasteiger partial charge in [0, 0.05) is 32.5 Å². The van der Waals surface area contributed by atoms with Gasteiger partial charge in [0.2, 0.25) is 0 Å². The predicted octanol–water partition coefficient (Wildman–Crippen LogP) is 1.73. The summed E-state index contributed by atoms with van der Waals surface area (Å²) in [5.41, 5.74) is 1.81. The molecule has 1 heterocycles. The van der Waals surface area contributed by atoms with Gasteiger partial charge in [-0.15, -0.1) is 0 Å². The number of carboxylic acid groups (broad SMARTS) is 1. The first-order valence-electron chi connectivity index (χ1n) is 7.28. The van der Waals surface area contributed by atoms with E-state index in [9.17, 15) is 9.59 Å². The molecule has 1 atom stereocenters. The lowest BCUT2D eigenvalue weighted by Gasteiger charge is -2.20. The second-order valence-corrected chi connectivity index (χ2v) is 5.36. The van der Waals surface area contributed by atoms with Crippen LogP contribution in [0.2, 0.25) is 0 Å². The van der Waals surface area contributed by atoms with E-state index in [4.69, 9.17) is 5.11 Å². The molecule has 1 aromatic heterocycles. The molecule has 0 saturated carbocycles. The number of amides is 2. The van der Waals surface area contributed by atoms with Crippen LogP contribution in [0.15, 0.2) is 42.7 Å². The lowest BCUT2D eigenvalue weighted by atomic mass is 10.1. The van der Waals surface area contributed by atoms with Gasteiger partial charge in [-0.3, -0.25) is 4.79 Å². The third-order valence-electron chi connectivity index (χ3n) is 3.49. The lowest BCUT2D eigenvalue weighted by Crippen LogP contribution is -2.40. The minimum absolute atomic E-state index is 0.155. The Labute approximate surface area is 134 Å². The van der Waals surface area contributed by atoms with Crippen molar-refractivity contribution in [1.82, 2.24) is 20.0 Å². The first-order valence-corrected chi connectivity index (χ1v) is 7.28. The van der Waals surface area contributed by atoms with Crippen molar-refractivity contribution in [2.45, 2.75) is 13.5 Å². The van der Waals surface area contributed by atoms with Crippen LogP contribution < -0.4 is 5.32 Å². The molecule has 0 radical (unpaired) electrons. The van der Waals surface area contributed by atoms with Crippen molar-refractivity contribution >= 4 is 12.0 Å². The van der Waals surface area contributed by atoms with E-state index in [-0.39, 0.29) is 12.6 Å². The van der Waals surface area contributed by atoms with Crippen LogP contribution in [0.5, 0.6) is 0 Å². The summed E-state index contributed by atoms with van der Waals surface area (Å²) in [6.45, 7) is 2.06. The highest BCUT2D eigenvalue weighted by atomic mass is 16.4. The van der Waals surface area contributed by atoms with Crippen LogP contribution in [-0.2, 0) is 11.3 Å². The molecular formula is C16H20N4O3. The number of urea groups is 1. The molecule has 122 valence electrons. The number of nitrogens with zero attached hydrogens (tertiary/aromatic N) is 3. The fourth-order valence-electron chi connectivity index (χ4n) is 2.17. The molecule has 0 saturated heterocycles. The fraction of sp³-hybridized carbons (Fsp3) is 0.312. The summed E-state index contributed by atoms with van der Waals surface area (Å²) < 4.78 is 1.73. The number of benzene rings is 1. The van der Waals surface area contributed by atoms with Crippen molar-refractivity contribution in [1.29, 1.82) is 0 Å². The van der Waals surface area contributed by atoms with E-state index < -0.39 is 11.9 Å². The van der Waals surface area contributed by atoms with Crippen LogP contribution in [0.4, 0.5) is 4.79 Å². The first-order chi connectivity index (χ1) is 11.0. The molecular weight excluding hydrogens is 296 g/mol. The Bertz CT molecular complexity index is 670. The van der Waals surface area contributed by atoms with Gasteiger partial charge in [-0.05, 0) is 17.7 Å². The fourth-order valence-corrected chi connectivity index (χ4v) is 2.17. The SMILES string of the molecule is CC(CN(C)C(=O)NCc1ccccc1-n1cccn1)C(=O)O. The van der Waals surface area contributed by atoms with Gasteiger partial charge in [0.25, 0.3) is 0 Å². The Hall–Kier alpha value is -2.83. The molecule has 23 heavy (non-hydrogen) atoms. The van der Waals surface area contributed by atoms with E-state index in [0.29, 0.717) is 6.54 Å². The van der Waals surface area contributed by atoms with Gasteiger partial charge in [-0.2, -0.15) is 5.10 Å². The van der Waals surface area contributed by atoms with Crippen molar-refractivity contribution in [3.05, 3.63) is 48.3 Å². The topological polar surface area (TPSA) is 87.5 Å². The van der Waals surface area contributed by atoms with Crippen LogP contribution in [-0.4, -0.2) is 45.4 Å². The Balaban J connectivity index is 1.99. The molecule has 7 heteroatoms. The summed E-state index contributed by atoms with van der Waals surface area (Å²) in [4.78, 5) is 24.3. The number of aromatic nitrogens is 2.